The number of nitro benzene ring substituents is 1. The first-order chi connectivity index (χ1) is 15.4. The fraction of sp³-hybridized carbons (Fsp3) is 0.292. The molecule has 0 unspecified atom stereocenters. The Morgan fingerprint density at radius 2 is 1.72 bits per heavy atom. The second kappa shape index (κ2) is 9.13. The van der Waals surface area contributed by atoms with Crippen molar-refractivity contribution in [1.29, 1.82) is 0 Å². The molecule has 1 amide bonds. The summed E-state index contributed by atoms with van der Waals surface area (Å²) in [5.74, 6) is 1.79. The molecule has 1 aliphatic heterocycles. The standard InChI is InChI=1S/C24H24N2O6/c1-15(2)23(17-6-9-20-22(14-17)31-13-3-12-30-20)25-24(27)21-11-10-19(32-21)16-4-7-18(8-5-16)26(28)29/h4-11,14-15,23H,3,12-13H2,1-2H3,(H,25,27)/t23-/m0/s1. The van der Waals surface area contributed by atoms with Gasteiger partial charge in [-0.25, -0.2) is 0 Å². The molecule has 0 fully saturated rings. The number of non-ortho nitro benzene ring substituents is 1. The number of amides is 1. The van der Waals surface area contributed by atoms with E-state index in [4.69, 9.17) is 13.9 Å². The number of nitro groups is 1. The van der Waals surface area contributed by atoms with Gasteiger partial charge in [0.15, 0.2) is 17.3 Å². The predicted molar refractivity (Wildman–Crippen MR) is 118 cm³/mol. The minimum absolute atomic E-state index is 0.00631. The Kier molecular flexibility index (Phi) is 6.11. The Morgan fingerprint density at radius 3 is 2.41 bits per heavy atom. The molecule has 0 saturated heterocycles. The molecule has 2 aromatic carbocycles. The van der Waals surface area contributed by atoms with Gasteiger partial charge in [0.1, 0.15) is 5.76 Å². The highest BCUT2D eigenvalue weighted by molar-refractivity contribution is 5.92. The van der Waals surface area contributed by atoms with E-state index < -0.39 is 4.92 Å². The summed E-state index contributed by atoms with van der Waals surface area (Å²) in [7, 11) is 0. The number of ether oxygens (including phenoxy) is 2. The number of fused-ring (bicyclic) bond motifs is 1. The van der Waals surface area contributed by atoms with Crippen LogP contribution in [0.4, 0.5) is 5.69 Å². The minimum Gasteiger partial charge on any atom is -0.490 e. The van der Waals surface area contributed by atoms with E-state index in [1.165, 1.54) is 12.1 Å². The summed E-state index contributed by atoms with van der Waals surface area (Å²) < 4.78 is 17.2. The Labute approximate surface area is 185 Å². The average Bonchev–Trinajstić information content (AvgIpc) is 3.16. The number of nitrogens with one attached hydrogen (secondary N) is 1. The van der Waals surface area contributed by atoms with E-state index in [0.717, 1.165) is 12.0 Å². The van der Waals surface area contributed by atoms with Crippen molar-refractivity contribution in [1.82, 2.24) is 5.32 Å². The molecule has 1 N–H and O–H groups in total. The van der Waals surface area contributed by atoms with E-state index in [1.54, 1.807) is 24.3 Å². The molecule has 0 bridgehead atoms. The van der Waals surface area contributed by atoms with Gasteiger partial charge in [-0.1, -0.05) is 19.9 Å². The van der Waals surface area contributed by atoms with Gasteiger partial charge in [0.05, 0.1) is 24.2 Å². The Morgan fingerprint density at radius 1 is 1.00 bits per heavy atom. The van der Waals surface area contributed by atoms with Gasteiger partial charge in [0.2, 0.25) is 0 Å². The van der Waals surface area contributed by atoms with Crippen molar-refractivity contribution in [3.63, 3.8) is 0 Å². The highest BCUT2D eigenvalue weighted by Gasteiger charge is 2.23. The van der Waals surface area contributed by atoms with E-state index in [2.05, 4.69) is 5.32 Å². The van der Waals surface area contributed by atoms with Gasteiger partial charge in [-0.3, -0.25) is 14.9 Å². The molecule has 0 spiro atoms. The topological polar surface area (TPSA) is 104 Å². The summed E-state index contributed by atoms with van der Waals surface area (Å²) in [6, 6.07) is 14.7. The zero-order valence-corrected chi connectivity index (χ0v) is 17.9. The minimum atomic E-state index is -0.462. The van der Waals surface area contributed by atoms with Crippen molar-refractivity contribution in [2.45, 2.75) is 26.3 Å². The van der Waals surface area contributed by atoms with Crippen molar-refractivity contribution < 1.29 is 23.6 Å². The van der Waals surface area contributed by atoms with E-state index in [0.29, 0.717) is 36.0 Å². The Hall–Kier alpha value is -3.81. The molecule has 8 heteroatoms. The van der Waals surface area contributed by atoms with Gasteiger partial charge in [0.25, 0.3) is 11.6 Å². The fourth-order valence-corrected chi connectivity index (χ4v) is 3.58. The molecule has 3 aromatic rings. The lowest BCUT2D eigenvalue weighted by Crippen LogP contribution is -2.31. The number of carbonyl (C=O) groups excluding carboxylic acids is 1. The highest BCUT2D eigenvalue weighted by Crippen LogP contribution is 2.34. The maximum Gasteiger partial charge on any atom is 0.287 e. The molecule has 0 radical (unpaired) electrons. The lowest BCUT2D eigenvalue weighted by molar-refractivity contribution is -0.384. The third-order valence-electron chi connectivity index (χ3n) is 5.28. The predicted octanol–water partition coefficient (Wildman–Crippen LogP) is 5.14. The van der Waals surface area contributed by atoms with E-state index in [1.807, 2.05) is 32.0 Å². The van der Waals surface area contributed by atoms with Crippen molar-refractivity contribution in [2.24, 2.45) is 5.92 Å². The van der Waals surface area contributed by atoms with Gasteiger partial charge >= 0.3 is 0 Å². The zero-order valence-electron chi connectivity index (χ0n) is 17.9. The number of nitrogens with zero attached hydrogens (tertiary/aromatic N) is 1. The fourth-order valence-electron chi connectivity index (χ4n) is 3.58. The largest absolute Gasteiger partial charge is 0.490 e. The summed E-state index contributed by atoms with van der Waals surface area (Å²) in [5, 5.41) is 13.9. The van der Waals surface area contributed by atoms with Gasteiger partial charge in [-0.15, -0.1) is 0 Å². The van der Waals surface area contributed by atoms with Crippen LogP contribution in [0.1, 0.15) is 42.4 Å². The summed E-state index contributed by atoms with van der Waals surface area (Å²) in [6.07, 6.45) is 0.823. The Balaban J connectivity index is 1.52. The molecular weight excluding hydrogens is 412 g/mol. The van der Waals surface area contributed by atoms with Crippen LogP contribution in [0.3, 0.4) is 0 Å². The summed E-state index contributed by atoms with van der Waals surface area (Å²) in [4.78, 5) is 23.3. The first kappa shape index (κ1) is 21.4. The number of benzene rings is 2. The second-order valence-electron chi connectivity index (χ2n) is 7.92. The number of furan rings is 1. The normalized spacial score (nSPS) is 14.0. The van der Waals surface area contributed by atoms with Crippen LogP contribution in [0.5, 0.6) is 11.5 Å². The number of hydrogen-bond donors (Lipinski definition) is 1. The zero-order chi connectivity index (χ0) is 22.7. The van der Waals surface area contributed by atoms with Crippen molar-refractivity contribution in [3.8, 4) is 22.8 Å². The molecule has 0 saturated carbocycles. The van der Waals surface area contributed by atoms with Crippen LogP contribution in [-0.2, 0) is 0 Å². The molecule has 1 aromatic heterocycles. The van der Waals surface area contributed by atoms with Gasteiger partial charge in [0, 0.05) is 24.1 Å². The Bertz CT molecular complexity index is 1120. The molecular formula is C24H24N2O6. The summed E-state index contributed by atoms with van der Waals surface area (Å²) >= 11 is 0. The first-order valence-electron chi connectivity index (χ1n) is 10.5. The average molecular weight is 436 g/mol. The molecule has 0 aliphatic carbocycles. The molecule has 166 valence electrons. The number of hydrogen-bond acceptors (Lipinski definition) is 6. The van der Waals surface area contributed by atoms with Crippen LogP contribution < -0.4 is 14.8 Å². The maximum atomic E-state index is 12.9. The van der Waals surface area contributed by atoms with Gasteiger partial charge in [-0.05, 0) is 47.9 Å². The van der Waals surface area contributed by atoms with E-state index in [9.17, 15) is 14.9 Å². The van der Waals surface area contributed by atoms with Crippen LogP contribution >= 0.6 is 0 Å². The molecule has 4 rings (SSSR count). The SMILES string of the molecule is CC(C)[C@H](NC(=O)c1ccc(-c2ccc([N+](=O)[O-])cc2)o1)c1ccc2c(c1)OCCCO2. The molecule has 1 atom stereocenters. The lowest BCUT2D eigenvalue weighted by atomic mass is 9.95. The number of carbonyl (C=O) groups is 1. The summed E-state index contributed by atoms with van der Waals surface area (Å²) in [6.45, 7) is 5.26. The van der Waals surface area contributed by atoms with Crippen molar-refractivity contribution in [3.05, 3.63) is 76.0 Å². The second-order valence-corrected chi connectivity index (χ2v) is 7.92. The molecule has 32 heavy (non-hydrogen) atoms. The van der Waals surface area contributed by atoms with Gasteiger partial charge in [-0.2, -0.15) is 0 Å². The van der Waals surface area contributed by atoms with Crippen LogP contribution in [0, 0.1) is 16.0 Å². The van der Waals surface area contributed by atoms with E-state index >= 15 is 0 Å². The van der Waals surface area contributed by atoms with Crippen molar-refractivity contribution >= 4 is 11.6 Å². The smallest absolute Gasteiger partial charge is 0.287 e. The van der Waals surface area contributed by atoms with Crippen molar-refractivity contribution in [2.75, 3.05) is 13.2 Å². The monoisotopic (exact) mass is 436 g/mol. The van der Waals surface area contributed by atoms with Crippen LogP contribution in [0.25, 0.3) is 11.3 Å². The maximum absolute atomic E-state index is 12.9. The molecule has 2 heterocycles. The van der Waals surface area contributed by atoms with Crippen LogP contribution in [-0.4, -0.2) is 24.0 Å². The van der Waals surface area contributed by atoms with Crippen LogP contribution in [0.2, 0.25) is 0 Å². The highest BCUT2D eigenvalue weighted by atomic mass is 16.6. The quantitative estimate of drug-likeness (QED) is 0.424. The third-order valence-corrected chi connectivity index (χ3v) is 5.28. The summed E-state index contributed by atoms with van der Waals surface area (Å²) in [5.41, 5.74) is 1.56. The third kappa shape index (κ3) is 4.59. The first-order valence-corrected chi connectivity index (χ1v) is 10.5. The lowest BCUT2D eigenvalue weighted by Gasteiger charge is -2.23. The van der Waals surface area contributed by atoms with Gasteiger partial charge < -0.3 is 19.2 Å². The molecule has 1 aliphatic rings. The van der Waals surface area contributed by atoms with E-state index in [-0.39, 0.29) is 29.3 Å². The number of rotatable bonds is 6. The van der Waals surface area contributed by atoms with Crippen LogP contribution in [0.15, 0.2) is 59.0 Å². The molecule has 8 nitrogen and oxygen atoms in total.